The van der Waals surface area contributed by atoms with Crippen LogP contribution in [0.1, 0.15) is 50.5 Å². The van der Waals surface area contributed by atoms with Gasteiger partial charge in [-0.15, -0.1) is 0 Å². The highest BCUT2D eigenvalue weighted by atomic mass is 35.5. The van der Waals surface area contributed by atoms with Gasteiger partial charge in [-0.1, -0.05) is 18.5 Å². The zero-order valence-electron chi connectivity index (χ0n) is 13.6. The molecule has 4 fully saturated rings. The molecule has 2 aliphatic carbocycles. The Kier molecular flexibility index (Phi) is 3.75. The molecule has 2 heterocycles. The number of nitrogens with one attached hydrogen (secondary N) is 1. The van der Waals surface area contributed by atoms with E-state index >= 15 is 0 Å². The van der Waals surface area contributed by atoms with Gasteiger partial charge in [0.1, 0.15) is 0 Å². The van der Waals surface area contributed by atoms with E-state index in [9.17, 15) is 13.6 Å². The van der Waals surface area contributed by atoms with Gasteiger partial charge < -0.3 is 10.2 Å². The summed E-state index contributed by atoms with van der Waals surface area (Å²) in [5.41, 5.74) is 0.975. The fourth-order valence-corrected chi connectivity index (χ4v) is 4.69. The van der Waals surface area contributed by atoms with Crippen LogP contribution >= 0.6 is 11.6 Å². The number of carbonyl (C=O) groups is 1. The molecular weight excluding hydrogens is 334 g/mol. The summed E-state index contributed by atoms with van der Waals surface area (Å²) >= 11 is 6.11. The summed E-state index contributed by atoms with van der Waals surface area (Å²) in [6, 6.07) is 5.40. The number of piperidine rings is 1. The van der Waals surface area contributed by atoms with Crippen molar-refractivity contribution in [1.82, 2.24) is 4.90 Å². The summed E-state index contributed by atoms with van der Waals surface area (Å²) < 4.78 is 27.4. The predicted octanol–water partition coefficient (Wildman–Crippen LogP) is 5.26. The number of nitrogens with zero attached hydrogens (tertiary/aromatic N) is 1. The fraction of sp³-hybridized carbons (Fsp3) is 0.611. The average Bonchev–Trinajstić information content (AvgIpc) is 2.49. The molecule has 2 amide bonds. The molecule has 3 atom stereocenters. The average molecular weight is 355 g/mol. The molecule has 0 aromatic heterocycles. The number of fused-ring (bicyclic) bond motifs is 2. The summed E-state index contributed by atoms with van der Waals surface area (Å²) in [5.74, 6) is -2.87. The van der Waals surface area contributed by atoms with Gasteiger partial charge in [0.25, 0.3) is 5.92 Å². The van der Waals surface area contributed by atoms with Gasteiger partial charge in [0.05, 0.1) is 0 Å². The lowest BCUT2D eigenvalue weighted by Crippen LogP contribution is -2.63. The first-order chi connectivity index (χ1) is 11.3. The molecule has 130 valence electrons. The Labute approximate surface area is 145 Å². The van der Waals surface area contributed by atoms with Crippen LogP contribution in [0.5, 0.6) is 0 Å². The third-order valence-electron chi connectivity index (χ3n) is 5.81. The van der Waals surface area contributed by atoms with Crippen molar-refractivity contribution in [3.05, 3.63) is 28.8 Å². The van der Waals surface area contributed by atoms with E-state index in [2.05, 4.69) is 12.2 Å². The number of amides is 2. The van der Waals surface area contributed by atoms with Crippen LogP contribution in [0.4, 0.5) is 19.3 Å². The molecule has 2 bridgehead atoms. The molecule has 1 aromatic carbocycles. The molecule has 0 spiro atoms. The second-order valence-electron chi connectivity index (χ2n) is 7.55. The van der Waals surface area contributed by atoms with Crippen molar-refractivity contribution in [2.45, 2.75) is 63.0 Å². The van der Waals surface area contributed by atoms with Crippen LogP contribution in [0.15, 0.2) is 18.2 Å². The Morgan fingerprint density at radius 3 is 2.58 bits per heavy atom. The van der Waals surface area contributed by atoms with Crippen LogP contribution in [-0.2, 0) is 0 Å². The van der Waals surface area contributed by atoms with Gasteiger partial charge in [0.2, 0.25) is 0 Å². The first kappa shape index (κ1) is 16.1. The third kappa shape index (κ3) is 2.57. The van der Waals surface area contributed by atoms with Crippen molar-refractivity contribution >= 4 is 23.3 Å². The largest absolute Gasteiger partial charge is 0.322 e. The third-order valence-corrected chi connectivity index (χ3v) is 6.16. The normalized spacial score (nSPS) is 33.4. The maximum Gasteiger partial charge on any atom is 0.322 e. The standard InChI is InChI=1S/C18H21ClF2N2O/c1-10-6-12-9-13(7-10)23(12)17(24)22-11-2-3-16(19)14(8-11)15-4-5-18(15,20)21/h2-3,8,10,12-13,15H,4-7,9H2,1H3,(H,22,24). The molecule has 3 nitrogen and oxygen atoms in total. The van der Waals surface area contributed by atoms with Crippen molar-refractivity contribution in [2.75, 3.05) is 5.32 Å². The molecule has 2 saturated heterocycles. The number of anilines is 1. The van der Waals surface area contributed by atoms with E-state index in [0.717, 1.165) is 19.3 Å². The van der Waals surface area contributed by atoms with Crippen molar-refractivity contribution in [3.8, 4) is 0 Å². The maximum absolute atomic E-state index is 13.7. The highest BCUT2D eigenvalue weighted by Crippen LogP contribution is 2.52. The SMILES string of the molecule is CC1CC2CC(C1)N2C(=O)Nc1ccc(Cl)c(C2CCC2(F)F)c1. The zero-order chi connectivity index (χ0) is 17.1. The van der Waals surface area contributed by atoms with E-state index in [4.69, 9.17) is 11.6 Å². The maximum atomic E-state index is 13.7. The second-order valence-corrected chi connectivity index (χ2v) is 7.95. The van der Waals surface area contributed by atoms with Crippen LogP contribution in [0, 0.1) is 5.92 Å². The highest BCUT2D eigenvalue weighted by molar-refractivity contribution is 6.31. The second kappa shape index (κ2) is 5.58. The van der Waals surface area contributed by atoms with E-state index in [-0.39, 0.29) is 12.5 Å². The molecule has 1 aromatic rings. The molecule has 1 N–H and O–H groups in total. The van der Waals surface area contributed by atoms with E-state index in [0.29, 0.717) is 40.7 Å². The molecule has 6 heteroatoms. The Hall–Kier alpha value is -1.36. The van der Waals surface area contributed by atoms with Crippen LogP contribution in [0.2, 0.25) is 5.02 Å². The van der Waals surface area contributed by atoms with Crippen molar-refractivity contribution in [3.63, 3.8) is 0 Å². The summed E-state index contributed by atoms with van der Waals surface area (Å²) in [4.78, 5) is 14.4. The highest BCUT2D eigenvalue weighted by Gasteiger charge is 2.50. The summed E-state index contributed by atoms with van der Waals surface area (Å²) in [7, 11) is 0. The fourth-order valence-electron chi connectivity index (χ4n) is 4.44. The Morgan fingerprint density at radius 2 is 2.00 bits per heavy atom. The Bertz CT molecular complexity index is 669. The minimum Gasteiger partial charge on any atom is -0.318 e. The quantitative estimate of drug-likeness (QED) is 0.772. The summed E-state index contributed by atoms with van der Waals surface area (Å²) in [5, 5.41) is 3.21. The number of urea groups is 1. The molecule has 0 radical (unpaired) electrons. The van der Waals surface area contributed by atoms with Gasteiger partial charge in [0.15, 0.2) is 0 Å². The lowest BCUT2D eigenvalue weighted by atomic mass is 9.74. The van der Waals surface area contributed by atoms with E-state index in [1.54, 1.807) is 18.2 Å². The molecule has 3 unspecified atom stereocenters. The Balaban J connectivity index is 1.48. The number of hydrogen-bond acceptors (Lipinski definition) is 1. The van der Waals surface area contributed by atoms with Crippen molar-refractivity contribution < 1.29 is 13.6 Å². The lowest BCUT2D eigenvalue weighted by molar-refractivity contribution is -0.0961. The molecule has 24 heavy (non-hydrogen) atoms. The van der Waals surface area contributed by atoms with E-state index < -0.39 is 11.8 Å². The minimum absolute atomic E-state index is 0.0973. The van der Waals surface area contributed by atoms with Gasteiger partial charge in [-0.3, -0.25) is 0 Å². The van der Waals surface area contributed by atoms with E-state index in [1.165, 1.54) is 0 Å². The van der Waals surface area contributed by atoms with Crippen LogP contribution < -0.4 is 5.32 Å². The molecule has 2 saturated carbocycles. The number of alkyl halides is 2. The first-order valence-corrected chi connectivity index (χ1v) is 8.99. The molecule has 4 aliphatic rings. The predicted molar refractivity (Wildman–Crippen MR) is 89.8 cm³/mol. The first-order valence-electron chi connectivity index (χ1n) is 8.62. The summed E-state index contributed by atoms with van der Waals surface area (Å²) in [6.07, 6.45) is 3.50. The zero-order valence-corrected chi connectivity index (χ0v) is 14.3. The molecule has 5 rings (SSSR count). The number of hydrogen-bond donors (Lipinski definition) is 1. The van der Waals surface area contributed by atoms with Gasteiger partial charge in [-0.2, -0.15) is 0 Å². The number of carbonyl (C=O) groups excluding carboxylic acids is 1. The smallest absolute Gasteiger partial charge is 0.318 e. The van der Waals surface area contributed by atoms with E-state index in [1.807, 2.05) is 4.90 Å². The topological polar surface area (TPSA) is 32.3 Å². The number of benzene rings is 1. The van der Waals surface area contributed by atoms with Gasteiger partial charge in [-0.05, 0) is 55.4 Å². The van der Waals surface area contributed by atoms with Crippen LogP contribution in [0.25, 0.3) is 0 Å². The summed E-state index contributed by atoms with van der Waals surface area (Å²) in [6.45, 7) is 2.22. The van der Waals surface area contributed by atoms with Gasteiger partial charge in [-0.25, -0.2) is 13.6 Å². The van der Waals surface area contributed by atoms with Crippen molar-refractivity contribution in [2.24, 2.45) is 5.92 Å². The van der Waals surface area contributed by atoms with Crippen molar-refractivity contribution in [1.29, 1.82) is 0 Å². The monoisotopic (exact) mass is 354 g/mol. The number of halogens is 3. The van der Waals surface area contributed by atoms with Gasteiger partial charge in [0, 0.05) is 35.1 Å². The Morgan fingerprint density at radius 1 is 1.29 bits per heavy atom. The van der Waals surface area contributed by atoms with Crippen LogP contribution in [-0.4, -0.2) is 28.9 Å². The minimum atomic E-state index is -2.70. The number of rotatable bonds is 2. The molecule has 2 aliphatic heterocycles. The lowest BCUT2D eigenvalue weighted by Gasteiger charge is -2.54. The van der Waals surface area contributed by atoms with Gasteiger partial charge >= 0.3 is 6.03 Å². The van der Waals surface area contributed by atoms with Crippen LogP contribution in [0.3, 0.4) is 0 Å². The molecular formula is C18H21ClF2N2O.